The van der Waals surface area contributed by atoms with Gasteiger partial charge in [0.25, 0.3) is 0 Å². The fraction of sp³-hybridized carbons (Fsp3) is 0.227. The lowest BCUT2D eigenvalue weighted by Gasteiger charge is -2.22. The number of anilines is 2. The number of hydrogen-bond donors (Lipinski definition) is 2. The van der Waals surface area contributed by atoms with E-state index in [1.165, 1.54) is 24.2 Å². The largest absolute Gasteiger partial charge is 0.478 e. The molecule has 1 aliphatic heterocycles. The van der Waals surface area contributed by atoms with E-state index in [1.807, 2.05) is 35.2 Å². The van der Waals surface area contributed by atoms with Crippen LogP contribution in [0.5, 0.6) is 0 Å². The number of benzene rings is 2. The Bertz CT molecular complexity index is 969. The molecule has 1 heterocycles. The Morgan fingerprint density at radius 2 is 1.86 bits per heavy atom. The van der Waals surface area contributed by atoms with Gasteiger partial charge in [0.2, 0.25) is 11.8 Å². The lowest BCUT2D eigenvalue weighted by molar-refractivity contribution is -0.132. The molecular formula is C22H22N2O4S. The van der Waals surface area contributed by atoms with Gasteiger partial charge in [-0.15, -0.1) is 11.8 Å². The SMILES string of the molecule is C/C(=C\C(=O)Nc1ccc(SCC(=O)N2c3ccccc3C[C@@H]2C)cc1)C(=O)O. The minimum atomic E-state index is -1.13. The van der Waals surface area contributed by atoms with Crippen LogP contribution in [0.15, 0.2) is 65.1 Å². The van der Waals surface area contributed by atoms with Crippen LogP contribution in [0.4, 0.5) is 11.4 Å². The van der Waals surface area contributed by atoms with Gasteiger partial charge < -0.3 is 15.3 Å². The van der Waals surface area contributed by atoms with E-state index in [2.05, 4.69) is 18.3 Å². The number of amides is 2. The van der Waals surface area contributed by atoms with Crippen molar-refractivity contribution in [1.29, 1.82) is 0 Å². The van der Waals surface area contributed by atoms with Gasteiger partial charge in [-0.3, -0.25) is 9.59 Å². The third-order valence-electron chi connectivity index (χ3n) is 4.65. The molecular weight excluding hydrogens is 388 g/mol. The first-order valence-corrected chi connectivity index (χ1v) is 10.2. The van der Waals surface area contributed by atoms with Crippen molar-refractivity contribution < 1.29 is 19.5 Å². The quantitative estimate of drug-likeness (QED) is 0.560. The van der Waals surface area contributed by atoms with Gasteiger partial charge in [0.05, 0.1) is 5.75 Å². The van der Waals surface area contributed by atoms with E-state index < -0.39 is 11.9 Å². The third-order valence-corrected chi connectivity index (χ3v) is 5.64. The van der Waals surface area contributed by atoms with E-state index in [4.69, 9.17) is 5.11 Å². The molecule has 2 N–H and O–H groups in total. The van der Waals surface area contributed by atoms with Gasteiger partial charge in [-0.25, -0.2) is 4.79 Å². The van der Waals surface area contributed by atoms with Crippen molar-refractivity contribution in [1.82, 2.24) is 0 Å². The molecule has 0 saturated heterocycles. The molecule has 0 aliphatic carbocycles. The summed E-state index contributed by atoms with van der Waals surface area (Å²) < 4.78 is 0. The molecule has 3 rings (SSSR count). The number of thioether (sulfide) groups is 1. The van der Waals surface area contributed by atoms with E-state index in [0.29, 0.717) is 11.4 Å². The number of fused-ring (bicyclic) bond motifs is 1. The minimum Gasteiger partial charge on any atom is -0.478 e. The molecule has 0 saturated carbocycles. The van der Waals surface area contributed by atoms with E-state index in [-0.39, 0.29) is 17.5 Å². The predicted octanol–water partition coefficient (Wildman–Crippen LogP) is 3.73. The molecule has 1 aliphatic rings. The van der Waals surface area contributed by atoms with Crippen molar-refractivity contribution >= 4 is 40.9 Å². The number of carboxylic acids is 1. The second-order valence-corrected chi connectivity index (χ2v) is 7.93. The van der Waals surface area contributed by atoms with Gasteiger partial charge in [0.1, 0.15) is 0 Å². The molecule has 1 atom stereocenters. The summed E-state index contributed by atoms with van der Waals surface area (Å²) in [5.74, 6) is -1.24. The monoisotopic (exact) mass is 410 g/mol. The molecule has 0 radical (unpaired) electrons. The van der Waals surface area contributed by atoms with Gasteiger partial charge in [-0.1, -0.05) is 18.2 Å². The highest BCUT2D eigenvalue weighted by Gasteiger charge is 2.30. The summed E-state index contributed by atoms with van der Waals surface area (Å²) in [6.45, 7) is 3.42. The van der Waals surface area contributed by atoms with Crippen LogP contribution in [-0.2, 0) is 20.8 Å². The molecule has 7 heteroatoms. The number of carbonyl (C=O) groups is 3. The van der Waals surface area contributed by atoms with Crippen LogP contribution in [0, 0.1) is 0 Å². The zero-order valence-corrected chi connectivity index (χ0v) is 17.0. The maximum atomic E-state index is 12.8. The first-order chi connectivity index (χ1) is 13.8. The van der Waals surface area contributed by atoms with Crippen molar-refractivity contribution in [3.63, 3.8) is 0 Å². The predicted molar refractivity (Wildman–Crippen MR) is 114 cm³/mol. The first-order valence-electron chi connectivity index (χ1n) is 9.20. The number of aliphatic carboxylic acids is 1. The molecule has 0 spiro atoms. The summed E-state index contributed by atoms with van der Waals surface area (Å²) in [7, 11) is 0. The smallest absolute Gasteiger partial charge is 0.331 e. The Hall–Kier alpha value is -3.06. The number of nitrogens with zero attached hydrogens (tertiary/aromatic N) is 1. The minimum absolute atomic E-state index is 0.0362. The first kappa shape index (κ1) is 20.7. The normalized spacial score (nSPS) is 15.7. The number of nitrogens with one attached hydrogen (secondary N) is 1. The van der Waals surface area contributed by atoms with Crippen LogP contribution < -0.4 is 10.2 Å². The maximum absolute atomic E-state index is 12.8. The second kappa shape index (κ2) is 8.96. The Balaban J connectivity index is 1.57. The average Bonchev–Trinajstić information content (AvgIpc) is 3.02. The zero-order valence-electron chi connectivity index (χ0n) is 16.2. The Labute approximate surface area is 173 Å². The van der Waals surface area contributed by atoms with Gasteiger partial charge in [0, 0.05) is 34.0 Å². The van der Waals surface area contributed by atoms with Crippen LogP contribution >= 0.6 is 11.8 Å². The number of carboxylic acid groups (broad SMARTS) is 1. The lowest BCUT2D eigenvalue weighted by Crippen LogP contribution is -2.36. The fourth-order valence-electron chi connectivity index (χ4n) is 3.23. The Kier molecular flexibility index (Phi) is 6.39. The van der Waals surface area contributed by atoms with Crippen LogP contribution in [0.2, 0.25) is 0 Å². The molecule has 6 nitrogen and oxygen atoms in total. The van der Waals surface area contributed by atoms with Crippen LogP contribution in [-0.4, -0.2) is 34.7 Å². The standard InChI is InChI=1S/C22H22N2O4S/c1-14(22(27)28)11-20(25)23-17-7-9-18(10-8-17)29-13-21(26)24-15(2)12-16-5-3-4-6-19(16)24/h3-11,15H,12-13H2,1-2H3,(H,23,25)(H,27,28)/b14-11+/t15-/m0/s1. The second-order valence-electron chi connectivity index (χ2n) is 6.88. The molecule has 2 aromatic rings. The summed E-state index contributed by atoms with van der Waals surface area (Å²) in [6.07, 6.45) is 1.91. The number of rotatable bonds is 6. The summed E-state index contributed by atoms with van der Waals surface area (Å²) in [5.41, 5.74) is 2.71. The van der Waals surface area contributed by atoms with Crippen LogP contribution in [0.1, 0.15) is 19.4 Å². The lowest BCUT2D eigenvalue weighted by atomic mass is 10.1. The zero-order chi connectivity index (χ0) is 21.0. The topological polar surface area (TPSA) is 86.7 Å². The molecule has 0 bridgehead atoms. The third kappa shape index (κ3) is 5.06. The van der Waals surface area contributed by atoms with Gasteiger partial charge in [-0.2, -0.15) is 0 Å². The molecule has 29 heavy (non-hydrogen) atoms. The van der Waals surface area contributed by atoms with Crippen molar-refractivity contribution in [2.24, 2.45) is 0 Å². The summed E-state index contributed by atoms with van der Waals surface area (Å²) >= 11 is 1.44. The van der Waals surface area contributed by atoms with E-state index in [0.717, 1.165) is 23.1 Å². The molecule has 150 valence electrons. The highest BCUT2D eigenvalue weighted by atomic mass is 32.2. The van der Waals surface area contributed by atoms with E-state index in [1.54, 1.807) is 12.1 Å². The number of hydrogen-bond acceptors (Lipinski definition) is 4. The van der Waals surface area contributed by atoms with Gasteiger partial charge in [-0.05, 0) is 56.2 Å². The average molecular weight is 410 g/mol. The van der Waals surface area contributed by atoms with Gasteiger partial charge >= 0.3 is 5.97 Å². The molecule has 0 fully saturated rings. The summed E-state index contributed by atoms with van der Waals surface area (Å²) in [4.78, 5) is 38.1. The van der Waals surface area contributed by atoms with Crippen molar-refractivity contribution in [3.05, 3.63) is 65.7 Å². The maximum Gasteiger partial charge on any atom is 0.331 e. The fourth-order valence-corrected chi connectivity index (χ4v) is 3.99. The molecule has 2 aromatic carbocycles. The summed E-state index contributed by atoms with van der Waals surface area (Å²) in [5, 5.41) is 11.4. The Morgan fingerprint density at radius 1 is 1.17 bits per heavy atom. The van der Waals surface area contributed by atoms with E-state index >= 15 is 0 Å². The van der Waals surface area contributed by atoms with Crippen molar-refractivity contribution in [3.8, 4) is 0 Å². The van der Waals surface area contributed by atoms with Crippen LogP contribution in [0.3, 0.4) is 0 Å². The molecule has 0 aromatic heterocycles. The molecule has 2 amide bonds. The highest BCUT2D eigenvalue weighted by molar-refractivity contribution is 8.00. The summed E-state index contributed by atoms with van der Waals surface area (Å²) in [6, 6.07) is 15.2. The molecule has 0 unspecified atom stereocenters. The van der Waals surface area contributed by atoms with E-state index in [9.17, 15) is 14.4 Å². The van der Waals surface area contributed by atoms with Gasteiger partial charge in [0.15, 0.2) is 0 Å². The van der Waals surface area contributed by atoms with Crippen molar-refractivity contribution in [2.75, 3.05) is 16.0 Å². The highest BCUT2D eigenvalue weighted by Crippen LogP contribution is 2.33. The van der Waals surface area contributed by atoms with Crippen molar-refractivity contribution in [2.45, 2.75) is 31.2 Å². The number of para-hydroxylation sites is 1. The van der Waals surface area contributed by atoms with Crippen LogP contribution in [0.25, 0.3) is 0 Å². The number of carbonyl (C=O) groups excluding carboxylic acids is 2. The Morgan fingerprint density at radius 3 is 2.55 bits per heavy atom.